The van der Waals surface area contributed by atoms with Gasteiger partial charge in [0.25, 0.3) is 0 Å². The summed E-state index contributed by atoms with van der Waals surface area (Å²) in [6, 6.07) is 3.40. The molecular weight excluding hydrogens is 352 g/mol. The lowest BCUT2D eigenvalue weighted by atomic mass is 9.99. The summed E-state index contributed by atoms with van der Waals surface area (Å²) >= 11 is 1.54. The van der Waals surface area contributed by atoms with Crippen LogP contribution in [0.2, 0.25) is 0 Å². The molecule has 0 aromatic carbocycles. The predicted octanol–water partition coefficient (Wildman–Crippen LogP) is 2.38. The lowest BCUT2D eigenvalue weighted by Crippen LogP contribution is -2.29. The molecule has 1 N–H and O–H groups in total. The number of ether oxygens (including phenoxy) is 1. The van der Waals surface area contributed by atoms with Crippen LogP contribution in [0.15, 0.2) is 21.7 Å². The zero-order valence-corrected chi connectivity index (χ0v) is 15.3. The first kappa shape index (κ1) is 18.8. The van der Waals surface area contributed by atoms with Crippen LogP contribution in [0.25, 0.3) is 0 Å². The van der Waals surface area contributed by atoms with Crippen LogP contribution in [0.4, 0.5) is 0 Å². The van der Waals surface area contributed by atoms with Crippen molar-refractivity contribution < 1.29 is 13.9 Å². The molecule has 2 aromatic heterocycles. The molecule has 0 bridgehead atoms. The van der Waals surface area contributed by atoms with Gasteiger partial charge in [-0.3, -0.25) is 0 Å². The molecule has 1 aliphatic rings. The van der Waals surface area contributed by atoms with E-state index in [2.05, 4.69) is 20.3 Å². The number of halogens is 1. The van der Waals surface area contributed by atoms with Gasteiger partial charge in [-0.1, -0.05) is 11.8 Å². The lowest BCUT2D eigenvalue weighted by molar-refractivity contribution is 0.0563. The van der Waals surface area contributed by atoms with Crippen LogP contribution in [0.5, 0.6) is 0 Å². The van der Waals surface area contributed by atoms with Gasteiger partial charge in [-0.25, -0.2) is 4.79 Å². The SMILES string of the molecule is COC(=O)c1ccc(CSc2nnc(C3CCCNC3)n2C)o1.Cl. The molecule has 3 heterocycles. The van der Waals surface area contributed by atoms with E-state index in [0.717, 1.165) is 30.5 Å². The molecule has 0 spiro atoms. The highest BCUT2D eigenvalue weighted by Crippen LogP contribution is 2.27. The van der Waals surface area contributed by atoms with Crippen LogP contribution in [0.1, 0.15) is 40.9 Å². The zero-order valence-electron chi connectivity index (χ0n) is 13.7. The van der Waals surface area contributed by atoms with Crippen LogP contribution >= 0.6 is 24.2 Å². The Bertz CT molecular complexity index is 682. The van der Waals surface area contributed by atoms with Crippen LogP contribution in [-0.2, 0) is 17.5 Å². The Morgan fingerprint density at radius 2 is 2.33 bits per heavy atom. The van der Waals surface area contributed by atoms with Crippen molar-refractivity contribution in [1.29, 1.82) is 0 Å². The first-order chi connectivity index (χ1) is 11.2. The summed E-state index contributed by atoms with van der Waals surface area (Å²) in [7, 11) is 3.33. The Kier molecular flexibility index (Phi) is 6.70. The van der Waals surface area contributed by atoms with Crippen molar-refractivity contribution in [2.75, 3.05) is 20.2 Å². The second-order valence-electron chi connectivity index (χ2n) is 5.49. The van der Waals surface area contributed by atoms with Crippen molar-refractivity contribution in [2.45, 2.75) is 29.7 Å². The summed E-state index contributed by atoms with van der Waals surface area (Å²) < 4.78 is 12.1. The van der Waals surface area contributed by atoms with Gasteiger partial charge in [0.2, 0.25) is 5.76 Å². The fourth-order valence-corrected chi connectivity index (χ4v) is 3.49. The summed E-state index contributed by atoms with van der Waals surface area (Å²) in [5.41, 5.74) is 0. The number of aromatic nitrogens is 3. The van der Waals surface area contributed by atoms with E-state index in [9.17, 15) is 4.79 Å². The van der Waals surface area contributed by atoms with E-state index in [4.69, 9.17) is 4.42 Å². The second-order valence-corrected chi connectivity index (χ2v) is 6.43. The van der Waals surface area contributed by atoms with E-state index in [-0.39, 0.29) is 18.2 Å². The smallest absolute Gasteiger partial charge is 0.373 e. The van der Waals surface area contributed by atoms with Crippen molar-refractivity contribution in [3.8, 4) is 0 Å². The van der Waals surface area contributed by atoms with Gasteiger partial charge >= 0.3 is 5.97 Å². The Hall–Kier alpha value is -1.51. The molecule has 0 radical (unpaired) electrons. The molecule has 1 aliphatic heterocycles. The molecule has 7 nitrogen and oxygen atoms in total. The number of carbonyl (C=O) groups excluding carboxylic acids is 1. The summed E-state index contributed by atoms with van der Waals surface area (Å²) in [5, 5.41) is 12.9. The quantitative estimate of drug-likeness (QED) is 0.637. The highest BCUT2D eigenvalue weighted by molar-refractivity contribution is 7.98. The molecule has 2 aromatic rings. The normalized spacial score (nSPS) is 17.3. The largest absolute Gasteiger partial charge is 0.463 e. The third-order valence-corrected chi connectivity index (χ3v) is 4.96. The van der Waals surface area contributed by atoms with Crippen LogP contribution in [0, 0.1) is 0 Å². The molecule has 1 unspecified atom stereocenters. The minimum Gasteiger partial charge on any atom is -0.463 e. The van der Waals surface area contributed by atoms with E-state index in [1.165, 1.54) is 13.5 Å². The molecule has 3 rings (SSSR count). The number of carbonyl (C=O) groups is 1. The summed E-state index contributed by atoms with van der Waals surface area (Å²) in [4.78, 5) is 11.4. The molecule has 0 aliphatic carbocycles. The number of furan rings is 1. The van der Waals surface area contributed by atoms with Gasteiger partial charge in [0.15, 0.2) is 5.16 Å². The first-order valence-electron chi connectivity index (χ1n) is 7.59. The van der Waals surface area contributed by atoms with Gasteiger partial charge in [0.1, 0.15) is 11.6 Å². The Labute approximate surface area is 150 Å². The van der Waals surface area contributed by atoms with E-state index < -0.39 is 5.97 Å². The van der Waals surface area contributed by atoms with Gasteiger partial charge in [0.05, 0.1) is 12.9 Å². The van der Waals surface area contributed by atoms with E-state index in [1.54, 1.807) is 23.9 Å². The number of hydrogen-bond acceptors (Lipinski definition) is 7. The fraction of sp³-hybridized carbons (Fsp3) is 0.533. The van der Waals surface area contributed by atoms with Crippen LogP contribution in [-0.4, -0.2) is 40.9 Å². The van der Waals surface area contributed by atoms with Gasteiger partial charge in [-0.2, -0.15) is 0 Å². The maximum absolute atomic E-state index is 11.4. The number of methoxy groups -OCH3 is 1. The highest BCUT2D eigenvalue weighted by Gasteiger charge is 2.22. The number of hydrogen-bond donors (Lipinski definition) is 1. The number of thioether (sulfide) groups is 1. The first-order valence-corrected chi connectivity index (χ1v) is 8.57. The average Bonchev–Trinajstić information content (AvgIpc) is 3.20. The van der Waals surface area contributed by atoms with Gasteiger partial charge in [0, 0.05) is 19.5 Å². The number of nitrogens with one attached hydrogen (secondary N) is 1. The molecular formula is C15H21ClN4O3S. The average molecular weight is 373 g/mol. The molecule has 1 atom stereocenters. The highest BCUT2D eigenvalue weighted by atomic mass is 35.5. The molecule has 1 fully saturated rings. The molecule has 9 heteroatoms. The van der Waals surface area contributed by atoms with Crippen molar-refractivity contribution in [3.63, 3.8) is 0 Å². The summed E-state index contributed by atoms with van der Waals surface area (Å²) in [6.07, 6.45) is 2.31. The zero-order chi connectivity index (χ0) is 16.2. The lowest BCUT2D eigenvalue weighted by Gasteiger charge is -2.21. The van der Waals surface area contributed by atoms with Crippen LogP contribution in [0.3, 0.4) is 0 Å². The third kappa shape index (κ3) is 4.12. The minimum atomic E-state index is -0.466. The summed E-state index contributed by atoms with van der Waals surface area (Å²) in [5.74, 6) is 2.49. The van der Waals surface area contributed by atoms with Gasteiger partial charge in [-0.05, 0) is 31.5 Å². The van der Waals surface area contributed by atoms with E-state index >= 15 is 0 Å². The van der Waals surface area contributed by atoms with Crippen molar-refractivity contribution in [3.05, 3.63) is 29.5 Å². The number of piperidine rings is 1. The summed E-state index contributed by atoms with van der Waals surface area (Å²) in [6.45, 7) is 2.04. The van der Waals surface area contributed by atoms with Gasteiger partial charge in [-0.15, -0.1) is 22.6 Å². The standard InChI is InChI=1S/C15H20N4O3S.ClH/c1-19-13(10-4-3-7-16-8-10)17-18-15(19)23-9-11-5-6-12(22-11)14(20)21-2;/h5-6,10,16H,3-4,7-9H2,1-2H3;1H. The molecule has 1 saturated heterocycles. The Morgan fingerprint density at radius 3 is 3.04 bits per heavy atom. The Balaban J connectivity index is 0.00000208. The minimum absolute atomic E-state index is 0. The number of rotatable bonds is 5. The van der Waals surface area contributed by atoms with Gasteiger partial charge < -0.3 is 19.0 Å². The van der Waals surface area contributed by atoms with Crippen LogP contribution < -0.4 is 5.32 Å². The van der Waals surface area contributed by atoms with Crippen molar-refractivity contribution in [1.82, 2.24) is 20.1 Å². The third-order valence-electron chi connectivity index (χ3n) is 3.92. The molecule has 0 amide bonds. The molecule has 0 saturated carbocycles. The number of nitrogens with zero attached hydrogens (tertiary/aromatic N) is 3. The maximum atomic E-state index is 11.4. The molecule has 132 valence electrons. The Morgan fingerprint density at radius 1 is 1.50 bits per heavy atom. The van der Waals surface area contributed by atoms with Crippen molar-refractivity contribution in [2.24, 2.45) is 7.05 Å². The number of esters is 1. The van der Waals surface area contributed by atoms with E-state index in [1.807, 2.05) is 11.6 Å². The molecule has 24 heavy (non-hydrogen) atoms. The maximum Gasteiger partial charge on any atom is 0.373 e. The monoisotopic (exact) mass is 372 g/mol. The topological polar surface area (TPSA) is 82.2 Å². The predicted molar refractivity (Wildman–Crippen MR) is 92.7 cm³/mol. The van der Waals surface area contributed by atoms with E-state index in [0.29, 0.717) is 17.4 Å². The van der Waals surface area contributed by atoms with Crippen molar-refractivity contribution >= 4 is 30.1 Å². The fourth-order valence-electron chi connectivity index (χ4n) is 2.68. The second kappa shape index (κ2) is 8.55.